The van der Waals surface area contributed by atoms with E-state index in [0.717, 1.165) is 18.3 Å². The quantitative estimate of drug-likeness (QED) is 0.00825. The third-order valence-electron chi connectivity index (χ3n) is 12.5. The molecule has 1 amide bonds. The van der Waals surface area contributed by atoms with Crippen LogP contribution in [0.4, 0.5) is 19.2 Å². The molecule has 0 aliphatic heterocycles. The minimum absolute atomic E-state index is 0.0121. The molecule has 32 heteroatoms. The number of halogens is 6. The van der Waals surface area contributed by atoms with Crippen LogP contribution in [0.3, 0.4) is 0 Å². The van der Waals surface area contributed by atoms with Crippen molar-refractivity contribution in [1.29, 1.82) is 0 Å². The van der Waals surface area contributed by atoms with Crippen LogP contribution in [0.5, 0.6) is 23.0 Å². The van der Waals surface area contributed by atoms with Crippen LogP contribution in [0, 0.1) is 21.4 Å². The van der Waals surface area contributed by atoms with Gasteiger partial charge >= 0.3 is 54.5 Å². The van der Waals surface area contributed by atoms with Crippen molar-refractivity contribution in [2.24, 2.45) is 0 Å². The Bertz CT molecular complexity index is 3400. The van der Waals surface area contributed by atoms with Gasteiger partial charge in [-0.3, -0.25) is 24.0 Å². The summed E-state index contributed by atoms with van der Waals surface area (Å²) >= 11 is 12.1. The molecule has 0 bridgehead atoms. The van der Waals surface area contributed by atoms with Gasteiger partial charge in [-0.2, -0.15) is 0 Å². The van der Waals surface area contributed by atoms with Crippen molar-refractivity contribution in [1.82, 2.24) is 5.32 Å². The Labute approximate surface area is 641 Å². The van der Waals surface area contributed by atoms with Gasteiger partial charge in [-0.1, -0.05) is 25.3 Å². The van der Waals surface area contributed by atoms with Crippen molar-refractivity contribution < 1.29 is 119 Å². The molecule has 0 heterocycles. The first kappa shape index (κ1) is 83.7. The molecule has 526 valence electrons. The van der Waals surface area contributed by atoms with E-state index in [-0.39, 0.29) is 125 Å². The maximum absolute atomic E-state index is 13.7. The van der Waals surface area contributed by atoms with Gasteiger partial charge in [0.25, 0.3) is 0 Å². The number of carbonyl (C=O) groups excluding carboxylic acids is 11. The number of esters is 5. The molecular formula is C65H69I6NO25. The fourth-order valence-electron chi connectivity index (χ4n) is 7.86. The highest BCUT2D eigenvalue weighted by molar-refractivity contribution is 14.1. The number of amides is 1. The molecule has 1 N–H and O–H groups in total. The Morgan fingerprint density at radius 3 is 1.43 bits per heavy atom. The van der Waals surface area contributed by atoms with E-state index in [9.17, 15) is 52.7 Å². The molecule has 2 atom stereocenters. The SMILES string of the molecule is C=C(C)C(=O)OCCCC(=O)C(Cc1ccc(OC(=O)OCCCOC(=O)OC(COC(=O)OCCCOC)COC(=O)C(=C)C)cc1)NC(=O)CCc1cc(I)c(OC(=O)Oc2c(I)cc(CC(=O)OCCCOC(=O)CCc3cc(I)c(OC(C)=O)c(I)c3)cc2I)c(I)c1. The number of hydrogen-bond donors (Lipinski definition) is 1. The highest BCUT2D eigenvalue weighted by Gasteiger charge is 2.25. The van der Waals surface area contributed by atoms with Gasteiger partial charge < -0.3 is 71.6 Å². The summed E-state index contributed by atoms with van der Waals surface area (Å²) in [6.07, 6.45) is -4.05. The summed E-state index contributed by atoms with van der Waals surface area (Å²) in [5.41, 5.74) is 3.08. The summed E-state index contributed by atoms with van der Waals surface area (Å²) in [6, 6.07) is 15.6. The summed E-state index contributed by atoms with van der Waals surface area (Å²) in [6.45, 7) is 10.1. The third kappa shape index (κ3) is 33.3. The second-order valence-corrected chi connectivity index (χ2v) is 27.6. The molecule has 26 nitrogen and oxygen atoms in total. The largest absolute Gasteiger partial charge is 0.519 e. The van der Waals surface area contributed by atoms with Gasteiger partial charge in [0, 0.05) is 70.3 Å². The Morgan fingerprint density at radius 1 is 0.443 bits per heavy atom. The van der Waals surface area contributed by atoms with Crippen molar-refractivity contribution in [3.63, 3.8) is 0 Å². The van der Waals surface area contributed by atoms with Gasteiger partial charge in [0.1, 0.15) is 19.0 Å². The summed E-state index contributed by atoms with van der Waals surface area (Å²) in [4.78, 5) is 138. The van der Waals surface area contributed by atoms with Crippen molar-refractivity contribution in [3.8, 4) is 23.0 Å². The van der Waals surface area contributed by atoms with Gasteiger partial charge in [-0.15, -0.1) is 0 Å². The molecule has 0 aliphatic rings. The molecule has 2 unspecified atom stereocenters. The second kappa shape index (κ2) is 45.1. The van der Waals surface area contributed by atoms with Crippen LogP contribution in [0.25, 0.3) is 0 Å². The summed E-state index contributed by atoms with van der Waals surface area (Å²) in [5, 5.41) is 2.84. The monoisotopic (exact) mass is 2020 g/mol. The Kier molecular flexibility index (Phi) is 38.9. The molecular weight excluding hydrogens is 1960 g/mol. The van der Waals surface area contributed by atoms with Gasteiger partial charge in [-0.05, 0) is 246 Å². The van der Waals surface area contributed by atoms with Gasteiger partial charge in [0.2, 0.25) is 5.91 Å². The summed E-state index contributed by atoms with van der Waals surface area (Å²) < 4.78 is 76.4. The first-order valence-corrected chi connectivity index (χ1v) is 35.9. The van der Waals surface area contributed by atoms with Crippen molar-refractivity contribution in [2.45, 2.75) is 104 Å². The average Bonchev–Trinajstić information content (AvgIpc) is 0.841. The Morgan fingerprint density at radius 2 is 0.897 bits per heavy atom. The predicted molar refractivity (Wildman–Crippen MR) is 395 cm³/mol. The number of hydrogen-bond acceptors (Lipinski definition) is 25. The van der Waals surface area contributed by atoms with Crippen molar-refractivity contribution in [3.05, 3.63) is 129 Å². The fraction of sp³-hybridized carbons (Fsp3) is 0.400. The summed E-state index contributed by atoms with van der Waals surface area (Å²) in [5.74, 6) is -2.50. The number of aryl methyl sites for hydroxylation is 2. The molecule has 4 aromatic rings. The molecule has 0 radical (unpaired) electrons. The minimum Gasteiger partial charge on any atom is -0.466 e. The van der Waals surface area contributed by atoms with E-state index < -0.39 is 85.7 Å². The Hall–Kier alpha value is -5.73. The zero-order valence-electron chi connectivity index (χ0n) is 53.0. The number of carbonyl (C=O) groups is 11. The lowest BCUT2D eigenvalue weighted by molar-refractivity contribution is -0.146. The first-order chi connectivity index (χ1) is 46.1. The van der Waals surface area contributed by atoms with Crippen LogP contribution < -0.4 is 24.3 Å². The number of Topliss-reactive ketones (excluding diaryl/α,β-unsaturated/α-hetero) is 1. The normalized spacial score (nSPS) is 11.3. The van der Waals surface area contributed by atoms with E-state index in [2.05, 4.69) is 63.7 Å². The zero-order valence-corrected chi connectivity index (χ0v) is 65.9. The molecule has 4 rings (SSSR count). The number of methoxy groups -OCH3 is 1. The van der Waals surface area contributed by atoms with Crippen molar-refractivity contribution >= 4 is 202 Å². The average molecular weight is 2030 g/mol. The lowest BCUT2D eigenvalue weighted by atomic mass is 9.99. The van der Waals surface area contributed by atoms with Gasteiger partial charge in [0.05, 0.1) is 73.5 Å². The number of rotatable bonds is 39. The van der Waals surface area contributed by atoms with E-state index in [1.807, 2.05) is 102 Å². The first-order valence-electron chi connectivity index (χ1n) is 29.5. The lowest BCUT2D eigenvalue weighted by Gasteiger charge is -2.19. The van der Waals surface area contributed by atoms with E-state index >= 15 is 0 Å². The lowest BCUT2D eigenvalue weighted by Crippen LogP contribution is -2.42. The minimum atomic E-state index is -1.27. The maximum Gasteiger partial charge on any atom is 0.519 e. The van der Waals surface area contributed by atoms with Crippen LogP contribution in [0.15, 0.2) is 85.0 Å². The topological polar surface area (TPSA) is 329 Å². The molecule has 0 saturated carbocycles. The Balaban J connectivity index is 1.23. The number of nitrogens with one attached hydrogen (secondary N) is 1. The third-order valence-corrected chi connectivity index (χ3v) is 17.3. The molecule has 0 aliphatic carbocycles. The van der Waals surface area contributed by atoms with Crippen LogP contribution >= 0.6 is 136 Å². The van der Waals surface area contributed by atoms with Crippen LogP contribution in [0.2, 0.25) is 0 Å². The number of ether oxygens (including phenoxy) is 14. The predicted octanol–water partition coefficient (Wildman–Crippen LogP) is 12.3. The molecule has 0 aromatic heterocycles. The van der Waals surface area contributed by atoms with Crippen LogP contribution in [-0.2, 0) is 107 Å². The summed E-state index contributed by atoms with van der Waals surface area (Å²) in [7, 11) is 1.49. The smallest absolute Gasteiger partial charge is 0.466 e. The van der Waals surface area contributed by atoms with Gasteiger partial charge in [-0.25, -0.2) is 28.8 Å². The standard InChI is InChI=1S/C65H69I6NO25/c1-37(2)60(78)87-21-7-11-53(74)52(33-40-12-16-44(17-13-40)94-63(81)89-25-10-26-90-64(82)95-45(35-91-61(79)38(3)4)36-92-62(80)88-24-8-20-84-6)72-54(75)18-14-41-27-48(68)58(49(69)28-41)96-65(83)97-59-50(70)31-43(32-51(59)71)34-56(77)86-23-9-22-85-55(76)19-15-42-29-46(66)57(47(67)30-42)93-39(5)73/h12-13,16-17,27-32,45,52H,1,3,7-11,14-15,18-26,33-36H2,2,4-6H3,(H,72,75). The number of benzene rings is 4. The fourth-order valence-corrected chi connectivity index (χ4v) is 14.2. The van der Waals surface area contributed by atoms with Crippen LogP contribution in [0.1, 0.15) is 88.0 Å². The molecule has 0 spiro atoms. The van der Waals surface area contributed by atoms with E-state index in [4.69, 9.17) is 66.3 Å². The molecule has 0 fully saturated rings. The zero-order chi connectivity index (χ0) is 71.6. The highest BCUT2D eigenvalue weighted by Crippen LogP contribution is 2.34. The maximum atomic E-state index is 13.7. The van der Waals surface area contributed by atoms with E-state index in [1.165, 1.54) is 40.0 Å². The molecule has 4 aromatic carbocycles. The van der Waals surface area contributed by atoms with Crippen molar-refractivity contribution in [2.75, 3.05) is 66.6 Å². The van der Waals surface area contributed by atoms with Gasteiger partial charge in [0.15, 0.2) is 29.1 Å². The highest BCUT2D eigenvalue weighted by atomic mass is 127. The molecule has 97 heavy (non-hydrogen) atoms. The second-order valence-electron chi connectivity index (χ2n) is 20.7. The van der Waals surface area contributed by atoms with E-state index in [1.54, 1.807) is 36.4 Å². The van der Waals surface area contributed by atoms with Crippen LogP contribution in [-0.4, -0.2) is 145 Å². The number of ketones is 1. The molecule has 0 saturated heterocycles. The van der Waals surface area contributed by atoms with E-state index in [0.29, 0.717) is 57.0 Å².